The van der Waals surface area contributed by atoms with Crippen LogP contribution in [0, 0.1) is 9.52 Å². The Balaban J connectivity index is 2.97. The highest BCUT2D eigenvalue weighted by Gasteiger charge is 2.16. The van der Waals surface area contributed by atoms with E-state index < -0.39 is 22.2 Å². The summed E-state index contributed by atoms with van der Waals surface area (Å²) >= 11 is 1.90. The number of hydrogen-bond donors (Lipinski definition) is 0. The van der Waals surface area contributed by atoms with Crippen LogP contribution in [-0.4, -0.2) is 19.7 Å². The minimum Gasteiger partial charge on any atom is -0.262 e. The summed E-state index contributed by atoms with van der Waals surface area (Å²) in [6.45, 7) is 1.57. The van der Waals surface area contributed by atoms with E-state index in [9.17, 15) is 12.8 Å². The molecular formula is C8H9FINO3S. The summed E-state index contributed by atoms with van der Waals surface area (Å²) in [7, 11) is -3.52. The number of nitrogens with zero attached hydrogens (tertiary/aromatic N) is 1. The summed E-state index contributed by atoms with van der Waals surface area (Å²) in [5.74, 6) is -0.602. The Hall–Kier alpha value is -0.280. The van der Waals surface area contributed by atoms with E-state index in [2.05, 4.69) is 4.98 Å². The molecule has 0 saturated heterocycles. The summed E-state index contributed by atoms with van der Waals surface area (Å²) in [4.78, 5) is 3.44. The summed E-state index contributed by atoms with van der Waals surface area (Å²) in [5, 5.41) is 0. The van der Waals surface area contributed by atoms with Gasteiger partial charge in [0.05, 0.1) is 6.26 Å². The highest BCUT2D eigenvalue weighted by Crippen LogP contribution is 2.23. The topological polar surface area (TPSA) is 56.3 Å². The molecule has 1 unspecified atom stereocenters. The van der Waals surface area contributed by atoms with Crippen LogP contribution in [0.15, 0.2) is 12.3 Å². The van der Waals surface area contributed by atoms with Gasteiger partial charge in [0.15, 0.2) is 0 Å². The van der Waals surface area contributed by atoms with Gasteiger partial charge in [-0.25, -0.2) is 4.98 Å². The van der Waals surface area contributed by atoms with Crippen molar-refractivity contribution >= 4 is 32.7 Å². The maximum absolute atomic E-state index is 12.7. The second kappa shape index (κ2) is 4.71. The predicted octanol–water partition coefficient (Wildman–Crippen LogP) is 1.86. The molecule has 0 spiro atoms. The number of halogens is 2. The van der Waals surface area contributed by atoms with Gasteiger partial charge >= 0.3 is 0 Å². The fraction of sp³-hybridized carbons (Fsp3) is 0.375. The van der Waals surface area contributed by atoms with Crippen molar-refractivity contribution < 1.29 is 17.0 Å². The van der Waals surface area contributed by atoms with Gasteiger partial charge in [0.1, 0.15) is 6.10 Å². The van der Waals surface area contributed by atoms with Gasteiger partial charge in [0.2, 0.25) is 5.95 Å². The fourth-order valence-electron chi connectivity index (χ4n) is 1.03. The lowest BCUT2D eigenvalue weighted by Gasteiger charge is -2.12. The molecule has 0 N–H and O–H groups in total. The lowest BCUT2D eigenvalue weighted by molar-refractivity contribution is 0.235. The maximum Gasteiger partial charge on any atom is 0.264 e. The van der Waals surface area contributed by atoms with Crippen molar-refractivity contribution in [3.05, 3.63) is 27.3 Å². The average Bonchev–Trinajstić information content (AvgIpc) is 1.99. The van der Waals surface area contributed by atoms with E-state index in [1.165, 1.54) is 12.3 Å². The molecule has 0 aliphatic heterocycles. The Bertz CT molecular complexity index is 463. The van der Waals surface area contributed by atoms with Crippen LogP contribution < -0.4 is 0 Å². The SMILES string of the molecule is CC(OS(C)(=O)=O)c1cnc(F)cc1I. The van der Waals surface area contributed by atoms with Gasteiger partial charge < -0.3 is 0 Å². The molecule has 15 heavy (non-hydrogen) atoms. The second-order valence-electron chi connectivity index (χ2n) is 2.97. The highest BCUT2D eigenvalue weighted by atomic mass is 127. The molecule has 4 nitrogen and oxygen atoms in total. The van der Waals surface area contributed by atoms with Crippen molar-refractivity contribution in [1.29, 1.82) is 0 Å². The fourth-order valence-corrected chi connectivity index (χ4v) is 2.49. The third kappa shape index (κ3) is 3.99. The molecule has 84 valence electrons. The first-order chi connectivity index (χ1) is 6.79. The molecule has 0 radical (unpaired) electrons. The lowest BCUT2D eigenvalue weighted by atomic mass is 10.2. The smallest absolute Gasteiger partial charge is 0.262 e. The molecule has 0 aliphatic carbocycles. The monoisotopic (exact) mass is 345 g/mol. The van der Waals surface area contributed by atoms with E-state index in [1.54, 1.807) is 6.92 Å². The molecule has 1 atom stereocenters. The first kappa shape index (κ1) is 12.8. The number of pyridine rings is 1. The quantitative estimate of drug-likeness (QED) is 0.477. The van der Waals surface area contributed by atoms with Crippen molar-refractivity contribution in [1.82, 2.24) is 4.98 Å². The minimum atomic E-state index is -3.52. The largest absolute Gasteiger partial charge is 0.264 e. The first-order valence-corrected chi connectivity index (χ1v) is 6.88. The molecule has 1 heterocycles. The van der Waals surface area contributed by atoms with Crippen molar-refractivity contribution in [2.45, 2.75) is 13.0 Å². The zero-order valence-corrected chi connectivity index (χ0v) is 11.0. The van der Waals surface area contributed by atoms with E-state index in [1.807, 2.05) is 22.6 Å². The summed E-state index contributed by atoms with van der Waals surface area (Å²) in [6.07, 6.45) is 1.57. The number of rotatable bonds is 3. The van der Waals surface area contributed by atoms with E-state index in [0.717, 1.165) is 6.26 Å². The van der Waals surface area contributed by atoms with Crippen LogP contribution in [0.4, 0.5) is 4.39 Å². The molecule has 0 aliphatic rings. The zero-order valence-electron chi connectivity index (χ0n) is 8.07. The zero-order chi connectivity index (χ0) is 11.6. The molecule has 1 aromatic rings. The van der Waals surface area contributed by atoms with E-state index >= 15 is 0 Å². The summed E-state index contributed by atoms with van der Waals surface area (Å²) in [5.41, 5.74) is 0.544. The third-order valence-electron chi connectivity index (χ3n) is 1.61. The van der Waals surface area contributed by atoms with Crippen LogP contribution in [0.5, 0.6) is 0 Å². The van der Waals surface area contributed by atoms with Crippen LogP contribution in [0.3, 0.4) is 0 Å². The molecule has 1 rings (SSSR count). The Kier molecular flexibility index (Phi) is 4.01. The molecule has 0 aromatic carbocycles. The van der Waals surface area contributed by atoms with Gasteiger partial charge in [0, 0.05) is 21.4 Å². The van der Waals surface area contributed by atoms with Crippen molar-refractivity contribution in [2.24, 2.45) is 0 Å². The molecule has 0 fully saturated rings. The van der Waals surface area contributed by atoms with E-state index in [-0.39, 0.29) is 0 Å². The molecule has 0 saturated carbocycles. The molecule has 7 heteroatoms. The lowest BCUT2D eigenvalue weighted by Crippen LogP contribution is -2.09. The van der Waals surface area contributed by atoms with Crippen LogP contribution in [0.1, 0.15) is 18.6 Å². The number of hydrogen-bond acceptors (Lipinski definition) is 4. The molecule has 0 amide bonds. The molecular weight excluding hydrogens is 336 g/mol. The maximum atomic E-state index is 12.7. The predicted molar refractivity (Wildman–Crippen MR) is 61.3 cm³/mol. The van der Waals surface area contributed by atoms with Crippen molar-refractivity contribution in [3.63, 3.8) is 0 Å². The van der Waals surface area contributed by atoms with E-state index in [0.29, 0.717) is 9.13 Å². The standard InChI is InChI=1S/C8H9FINO3S/c1-5(14-15(2,12)13)6-4-11-8(9)3-7(6)10/h3-5H,1-2H3. The van der Waals surface area contributed by atoms with Gasteiger partial charge in [-0.1, -0.05) is 0 Å². The summed E-state index contributed by atoms with van der Waals surface area (Å²) < 4.78 is 39.8. The van der Waals surface area contributed by atoms with E-state index in [4.69, 9.17) is 4.18 Å². The normalized spacial score (nSPS) is 13.9. The van der Waals surface area contributed by atoms with Crippen LogP contribution in [0.25, 0.3) is 0 Å². The Labute approximate surface area is 101 Å². The van der Waals surface area contributed by atoms with Gasteiger partial charge in [-0.3, -0.25) is 4.18 Å². The van der Waals surface area contributed by atoms with Gasteiger partial charge in [-0.2, -0.15) is 12.8 Å². The number of aromatic nitrogens is 1. The van der Waals surface area contributed by atoms with Crippen LogP contribution in [0.2, 0.25) is 0 Å². The minimum absolute atomic E-state index is 0.544. The van der Waals surface area contributed by atoms with Crippen molar-refractivity contribution in [2.75, 3.05) is 6.26 Å². The highest BCUT2D eigenvalue weighted by molar-refractivity contribution is 14.1. The Morgan fingerprint density at radius 1 is 1.60 bits per heavy atom. The third-order valence-corrected chi connectivity index (χ3v) is 3.18. The van der Waals surface area contributed by atoms with Gasteiger partial charge in [0.25, 0.3) is 10.1 Å². The van der Waals surface area contributed by atoms with Gasteiger partial charge in [-0.05, 0) is 29.5 Å². The van der Waals surface area contributed by atoms with Gasteiger partial charge in [-0.15, -0.1) is 0 Å². The van der Waals surface area contributed by atoms with Crippen molar-refractivity contribution in [3.8, 4) is 0 Å². The van der Waals surface area contributed by atoms with Crippen LogP contribution >= 0.6 is 22.6 Å². The Morgan fingerprint density at radius 2 is 2.20 bits per heavy atom. The second-order valence-corrected chi connectivity index (χ2v) is 5.73. The first-order valence-electron chi connectivity index (χ1n) is 3.99. The molecule has 0 bridgehead atoms. The van der Waals surface area contributed by atoms with Crippen LogP contribution in [-0.2, 0) is 14.3 Å². The molecule has 1 aromatic heterocycles. The summed E-state index contributed by atoms with van der Waals surface area (Å²) in [6, 6.07) is 1.22. The average molecular weight is 345 g/mol. The Morgan fingerprint density at radius 3 is 2.67 bits per heavy atom.